The Kier molecular flexibility index (Phi) is 4.08. The lowest BCUT2D eigenvalue weighted by molar-refractivity contribution is 0.163. The van der Waals surface area contributed by atoms with Crippen molar-refractivity contribution in [2.24, 2.45) is 0 Å². The smallest absolute Gasteiger partial charge is 0.237 e. The molecular formula is C12H18N2O3S. The van der Waals surface area contributed by atoms with Gasteiger partial charge in [-0.05, 0) is 19.1 Å². The monoisotopic (exact) mass is 270 g/mol. The van der Waals surface area contributed by atoms with Gasteiger partial charge in [0.15, 0.2) is 0 Å². The number of sulfonamides is 1. The molecule has 0 unspecified atom stereocenters. The summed E-state index contributed by atoms with van der Waals surface area (Å²) in [7, 11) is -3.30. The molecule has 1 aromatic rings. The van der Waals surface area contributed by atoms with Crippen molar-refractivity contribution in [3.05, 3.63) is 24.3 Å². The standard InChI is InChI=1S/C12H18N2O3S/c1-2-17-9-10-18(15,16)14-8-7-13-11-5-3-4-6-12(11)14/h3-6,13H,2,7-10H2,1H3. The van der Waals surface area contributed by atoms with Gasteiger partial charge in [0.25, 0.3) is 0 Å². The van der Waals surface area contributed by atoms with Crippen LogP contribution in [0.3, 0.4) is 0 Å². The van der Waals surface area contributed by atoms with Gasteiger partial charge in [-0.2, -0.15) is 0 Å². The predicted octanol–water partition coefficient (Wildman–Crippen LogP) is 1.28. The van der Waals surface area contributed by atoms with E-state index in [2.05, 4.69) is 5.32 Å². The summed E-state index contributed by atoms with van der Waals surface area (Å²) in [4.78, 5) is 0. The Morgan fingerprint density at radius 2 is 2.17 bits per heavy atom. The molecule has 1 aromatic carbocycles. The van der Waals surface area contributed by atoms with Crippen molar-refractivity contribution in [1.29, 1.82) is 0 Å². The van der Waals surface area contributed by atoms with Gasteiger partial charge in [-0.3, -0.25) is 4.31 Å². The highest BCUT2D eigenvalue weighted by Gasteiger charge is 2.26. The number of ether oxygens (including phenoxy) is 1. The average molecular weight is 270 g/mol. The van der Waals surface area contributed by atoms with Gasteiger partial charge in [0, 0.05) is 13.2 Å². The van der Waals surface area contributed by atoms with E-state index in [9.17, 15) is 8.42 Å². The van der Waals surface area contributed by atoms with Crippen LogP contribution in [0, 0.1) is 0 Å². The fourth-order valence-corrected chi connectivity index (χ4v) is 3.34. The van der Waals surface area contributed by atoms with E-state index in [0.717, 1.165) is 11.4 Å². The van der Waals surface area contributed by atoms with E-state index in [4.69, 9.17) is 4.74 Å². The molecule has 1 aliphatic rings. The second kappa shape index (κ2) is 5.58. The minimum Gasteiger partial charge on any atom is -0.382 e. The lowest BCUT2D eigenvalue weighted by Gasteiger charge is -2.31. The molecule has 0 saturated heterocycles. The second-order valence-electron chi connectivity index (χ2n) is 4.03. The minimum absolute atomic E-state index is 0.0230. The molecule has 0 amide bonds. The van der Waals surface area contributed by atoms with Crippen LogP contribution >= 0.6 is 0 Å². The van der Waals surface area contributed by atoms with Gasteiger partial charge in [-0.1, -0.05) is 12.1 Å². The molecule has 0 aromatic heterocycles. The fourth-order valence-electron chi connectivity index (χ4n) is 1.96. The zero-order valence-corrected chi connectivity index (χ0v) is 11.2. The molecule has 0 fully saturated rings. The first-order valence-electron chi connectivity index (χ1n) is 6.06. The van der Waals surface area contributed by atoms with E-state index in [-0.39, 0.29) is 12.4 Å². The van der Waals surface area contributed by atoms with Crippen molar-refractivity contribution in [2.75, 3.05) is 41.7 Å². The van der Waals surface area contributed by atoms with Gasteiger partial charge in [0.2, 0.25) is 10.0 Å². The normalized spacial score (nSPS) is 15.1. The van der Waals surface area contributed by atoms with Crippen molar-refractivity contribution in [2.45, 2.75) is 6.92 Å². The summed E-state index contributed by atoms with van der Waals surface area (Å²) in [5, 5.41) is 3.19. The summed E-state index contributed by atoms with van der Waals surface area (Å²) in [6.45, 7) is 3.72. The first kappa shape index (κ1) is 13.2. The molecule has 0 radical (unpaired) electrons. The molecule has 2 rings (SSSR count). The average Bonchev–Trinajstić information content (AvgIpc) is 2.38. The first-order chi connectivity index (χ1) is 8.65. The summed E-state index contributed by atoms with van der Waals surface area (Å²) in [6, 6.07) is 7.44. The summed E-state index contributed by atoms with van der Waals surface area (Å²) < 4.78 is 31.1. The quantitative estimate of drug-likeness (QED) is 0.819. The largest absolute Gasteiger partial charge is 0.382 e. The molecular weight excluding hydrogens is 252 g/mol. The number of fused-ring (bicyclic) bond motifs is 1. The first-order valence-corrected chi connectivity index (χ1v) is 7.67. The van der Waals surface area contributed by atoms with Crippen molar-refractivity contribution in [3.63, 3.8) is 0 Å². The van der Waals surface area contributed by atoms with Crippen LogP contribution in [0.4, 0.5) is 11.4 Å². The Morgan fingerprint density at radius 3 is 2.94 bits per heavy atom. The van der Waals surface area contributed by atoms with Crippen LogP contribution in [0.1, 0.15) is 6.92 Å². The van der Waals surface area contributed by atoms with Crippen molar-refractivity contribution in [3.8, 4) is 0 Å². The number of benzene rings is 1. The van der Waals surface area contributed by atoms with Crippen LogP contribution in [-0.2, 0) is 14.8 Å². The SMILES string of the molecule is CCOCCS(=O)(=O)N1CCNc2ccccc21. The molecule has 0 atom stereocenters. The van der Waals surface area contributed by atoms with Gasteiger partial charge < -0.3 is 10.1 Å². The van der Waals surface area contributed by atoms with Gasteiger partial charge >= 0.3 is 0 Å². The summed E-state index contributed by atoms with van der Waals surface area (Å²) >= 11 is 0. The predicted molar refractivity (Wildman–Crippen MR) is 72.6 cm³/mol. The van der Waals surface area contributed by atoms with E-state index in [1.54, 1.807) is 0 Å². The lowest BCUT2D eigenvalue weighted by Crippen LogP contribution is -2.40. The Morgan fingerprint density at radius 1 is 1.39 bits per heavy atom. The number of anilines is 2. The molecule has 0 spiro atoms. The van der Waals surface area contributed by atoms with Gasteiger partial charge in [-0.15, -0.1) is 0 Å². The summed E-state index contributed by atoms with van der Waals surface area (Å²) in [5.74, 6) is 0.0230. The number of rotatable bonds is 5. The van der Waals surface area contributed by atoms with Crippen molar-refractivity contribution >= 4 is 21.4 Å². The molecule has 100 valence electrons. The van der Waals surface area contributed by atoms with Crippen molar-refractivity contribution in [1.82, 2.24) is 0 Å². The van der Waals surface area contributed by atoms with Crippen LogP contribution in [0.2, 0.25) is 0 Å². The van der Waals surface area contributed by atoms with Crippen molar-refractivity contribution < 1.29 is 13.2 Å². The number of nitrogens with zero attached hydrogens (tertiary/aromatic N) is 1. The van der Waals surface area contributed by atoms with Crippen LogP contribution < -0.4 is 9.62 Å². The number of hydrogen-bond donors (Lipinski definition) is 1. The molecule has 1 heterocycles. The third-order valence-electron chi connectivity index (χ3n) is 2.83. The second-order valence-corrected chi connectivity index (χ2v) is 6.04. The van der Waals surface area contributed by atoms with E-state index < -0.39 is 10.0 Å². The third-order valence-corrected chi connectivity index (χ3v) is 4.56. The highest BCUT2D eigenvalue weighted by atomic mass is 32.2. The summed E-state index contributed by atoms with van der Waals surface area (Å²) in [5.41, 5.74) is 1.59. The maximum Gasteiger partial charge on any atom is 0.237 e. The van der Waals surface area contributed by atoms with E-state index in [1.165, 1.54) is 4.31 Å². The fraction of sp³-hybridized carbons (Fsp3) is 0.500. The molecule has 0 bridgehead atoms. The lowest BCUT2D eigenvalue weighted by atomic mass is 10.2. The van der Waals surface area contributed by atoms with E-state index >= 15 is 0 Å². The van der Waals surface area contributed by atoms with Gasteiger partial charge in [0.05, 0.1) is 30.3 Å². The Hall–Kier alpha value is -1.27. The zero-order chi connectivity index (χ0) is 13.0. The maximum absolute atomic E-state index is 12.2. The zero-order valence-electron chi connectivity index (χ0n) is 10.4. The van der Waals surface area contributed by atoms with Crippen LogP contribution in [0.15, 0.2) is 24.3 Å². The molecule has 5 nitrogen and oxygen atoms in total. The minimum atomic E-state index is -3.30. The molecule has 1 aliphatic heterocycles. The highest BCUT2D eigenvalue weighted by molar-refractivity contribution is 7.92. The van der Waals surface area contributed by atoms with Crippen LogP contribution in [0.25, 0.3) is 0 Å². The van der Waals surface area contributed by atoms with Gasteiger partial charge in [0.1, 0.15) is 0 Å². The maximum atomic E-state index is 12.2. The highest BCUT2D eigenvalue weighted by Crippen LogP contribution is 2.30. The summed E-state index contributed by atoms with van der Waals surface area (Å²) in [6.07, 6.45) is 0. The number of para-hydroxylation sites is 2. The number of hydrogen-bond acceptors (Lipinski definition) is 4. The molecule has 1 N–H and O–H groups in total. The van der Waals surface area contributed by atoms with Crippen LogP contribution in [0.5, 0.6) is 0 Å². The van der Waals surface area contributed by atoms with Crippen LogP contribution in [-0.4, -0.2) is 40.5 Å². The molecule has 6 heteroatoms. The third kappa shape index (κ3) is 2.76. The van der Waals surface area contributed by atoms with Gasteiger partial charge in [-0.25, -0.2) is 8.42 Å². The Balaban J connectivity index is 2.19. The Labute approximate surface area is 108 Å². The van der Waals surface area contributed by atoms with E-state index in [1.807, 2.05) is 31.2 Å². The molecule has 18 heavy (non-hydrogen) atoms. The van der Waals surface area contributed by atoms with E-state index in [0.29, 0.717) is 19.7 Å². The topological polar surface area (TPSA) is 58.6 Å². The Bertz CT molecular complexity index is 502. The number of nitrogens with one attached hydrogen (secondary N) is 1. The molecule has 0 saturated carbocycles. The molecule has 0 aliphatic carbocycles.